The molecule has 11 heteroatoms. The van der Waals surface area contributed by atoms with Crippen molar-refractivity contribution in [3.63, 3.8) is 0 Å². The normalized spacial score (nSPS) is 11.8. The number of carbonyl (C=O) groups is 1. The molecular formula is C23H23Cl2F3N4O2. The predicted molar refractivity (Wildman–Crippen MR) is 125 cm³/mol. The van der Waals surface area contributed by atoms with E-state index in [0.717, 1.165) is 12.1 Å². The van der Waals surface area contributed by atoms with Crippen LogP contribution >= 0.6 is 23.2 Å². The van der Waals surface area contributed by atoms with Gasteiger partial charge in [0, 0.05) is 36.6 Å². The average Bonchev–Trinajstić information content (AvgIpc) is 3.08. The minimum absolute atomic E-state index is 0.0173. The zero-order valence-corrected chi connectivity index (χ0v) is 20.2. The highest BCUT2D eigenvalue weighted by Gasteiger charge is 2.30. The minimum Gasteiger partial charge on any atom is -0.345 e. The number of halogens is 5. The van der Waals surface area contributed by atoms with Gasteiger partial charge in [0.05, 0.1) is 16.3 Å². The maximum atomic E-state index is 13.2. The molecule has 0 unspecified atom stereocenters. The number of hydrogen-bond donors (Lipinski definition) is 0. The monoisotopic (exact) mass is 514 g/mol. The molecule has 0 atom stereocenters. The SMILES string of the molecule is CC(C)C(=O)N(C)CCCn1nc(-c2ccc(Cl)cc2Cl)n(-c2ccc(C(F)(F)F)cc2)c1=O. The van der Waals surface area contributed by atoms with Gasteiger partial charge in [-0.2, -0.15) is 13.2 Å². The van der Waals surface area contributed by atoms with Crippen LogP contribution in [0.25, 0.3) is 17.1 Å². The number of benzene rings is 2. The maximum Gasteiger partial charge on any atom is 0.416 e. The second-order valence-corrected chi connectivity index (χ2v) is 8.95. The zero-order valence-electron chi connectivity index (χ0n) is 18.7. The molecule has 6 nitrogen and oxygen atoms in total. The molecule has 0 aliphatic carbocycles. The second-order valence-electron chi connectivity index (χ2n) is 8.10. The van der Waals surface area contributed by atoms with E-state index in [9.17, 15) is 22.8 Å². The van der Waals surface area contributed by atoms with Crippen molar-refractivity contribution in [2.45, 2.75) is 33.0 Å². The molecule has 0 spiro atoms. The van der Waals surface area contributed by atoms with Gasteiger partial charge in [0.2, 0.25) is 5.91 Å². The molecule has 0 saturated carbocycles. The number of nitrogens with zero attached hydrogens (tertiary/aromatic N) is 4. The van der Waals surface area contributed by atoms with Gasteiger partial charge in [-0.1, -0.05) is 37.0 Å². The Morgan fingerprint density at radius 3 is 2.32 bits per heavy atom. The Kier molecular flexibility index (Phi) is 7.77. The topological polar surface area (TPSA) is 60.1 Å². The summed E-state index contributed by atoms with van der Waals surface area (Å²) in [7, 11) is 1.69. The Bertz CT molecular complexity index is 1230. The zero-order chi connectivity index (χ0) is 25.2. The van der Waals surface area contributed by atoms with Crippen LogP contribution in [-0.4, -0.2) is 38.7 Å². The van der Waals surface area contributed by atoms with E-state index in [1.54, 1.807) is 37.9 Å². The molecule has 0 aliphatic heterocycles. The molecule has 1 heterocycles. The maximum absolute atomic E-state index is 13.2. The fraction of sp³-hybridized carbons (Fsp3) is 0.348. The molecule has 0 saturated heterocycles. The van der Waals surface area contributed by atoms with E-state index in [2.05, 4.69) is 5.10 Å². The van der Waals surface area contributed by atoms with Gasteiger partial charge in [-0.15, -0.1) is 5.10 Å². The van der Waals surface area contributed by atoms with Crippen molar-refractivity contribution in [2.24, 2.45) is 5.92 Å². The van der Waals surface area contributed by atoms with Crippen LogP contribution in [0, 0.1) is 5.92 Å². The number of rotatable bonds is 7. The van der Waals surface area contributed by atoms with E-state index < -0.39 is 17.4 Å². The van der Waals surface area contributed by atoms with E-state index in [0.29, 0.717) is 23.6 Å². The number of carbonyl (C=O) groups excluding carboxylic acids is 1. The van der Waals surface area contributed by atoms with Gasteiger partial charge in [-0.05, 0) is 48.9 Å². The first-order valence-electron chi connectivity index (χ1n) is 10.5. The van der Waals surface area contributed by atoms with Gasteiger partial charge in [-0.25, -0.2) is 14.0 Å². The number of aryl methyl sites for hydroxylation is 1. The molecule has 0 N–H and O–H groups in total. The highest BCUT2D eigenvalue weighted by Crippen LogP contribution is 2.32. The molecule has 0 aliphatic rings. The lowest BCUT2D eigenvalue weighted by Gasteiger charge is -2.18. The first kappa shape index (κ1) is 25.8. The molecule has 2 aromatic carbocycles. The number of alkyl halides is 3. The smallest absolute Gasteiger partial charge is 0.345 e. The summed E-state index contributed by atoms with van der Waals surface area (Å²) in [5.74, 6) is -0.000414. The van der Waals surface area contributed by atoms with Gasteiger partial charge in [0.25, 0.3) is 0 Å². The standard InChI is InChI=1S/C23H23Cl2F3N4O2/c1-14(2)21(33)30(3)11-4-12-31-22(34)32(17-8-5-15(6-9-17)23(26,27)28)20(29-31)18-10-7-16(24)13-19(18)25/h5-10,13-14H,4,11-12H2,1-3H3. The van der Waals surface area contributed by atoms with Crippen LogP contribution in [-0.2, 0) is 17.5 Å². The summed E-state index contributed by atoms with van der Waals surface area (Å²) in [6.07, 6.45) is -4.05. The molecule has 1 aromatic heterocycles. The third-order valence-corrected chi connectivity index (χ3v) is 5.75. The van der Waals surface area contributed by atoms with Crippen molar-refractivity contribution in [1.29, 1.82) is 0 Å². The summed E-state index contributed by atoms with van der Waals surface area (Å²) in [5, 5.41) is 5.03. The Hall–Kier alpha value is -2.78. The molecule has 0 bridgehead atoms. The van der Waals surface area contributed by atoms with Crippen LogP contribution < -0.4 is 5.69 Å². The lowest BCUT2D eigenvalue weighted by atomic mass is 10.1. The molecule has 3 aromatic rings. The van der Waals surface area contributed by atoms with Crippen LogP contribution in [0.15, 0.2) is 47.3 Å². The summed E-state index contributed by atoms with van der Waals surface area (Å²) in [6.45, 7) is 4.21. The predicted octanol–water partition coefficient (Wildman–Crippen LogP) is 5.53. The fourth-order valence-electron chi connectivity index (χ4n) is 3.44. The molecule has 1 amide bonds. The van der Waals surface area contributed by atoms with E-state index >= 15 is 0 Å². The van der Waals surface area contributed by atoms with Gasteiger partial charge < -0.3 is 4.90 Å². The summed E-state index contributed by atoms with van der Waals surface area (Å²) in [4.78, 5) is 26.9. The number of hydrogen-bond acceptors (Lipinski definition) is 3. The summed E-state index contributed by atoms with van der Waals surface area (Å²) < 4.78 is 41.4. The van der Waals surface area contributed by atoms with E-state index in [1.165, 1.54) is 27.4 Å². The van der Waals surface area contributed by atoms with Crippen molar-refractivity contribution in [2.75, 3.05) is 13.6 Å². The molecule has 34 heavy (non-hydrogen) atoms. The second kappa shape index (κ2) is 10.2. The van der Waals surface area contributed by atoms with Crippen molar-refractivity contribution in [1.82, 2.24) is 19.2 Å². The van der Waals surface area contributed by atoms with Gasteiger partial charge >= 0.3 is 11.9 Å². The number of aromatic nitrogens is 3. The highest BCUT2D eigenvalue weighted by molar-refractivity contribution is 6.36. The number of amides is 1. The van der Waals surface area contributed by atoms with Crippen molar-refractivity contribution in [3.05, 3.63) is 68.6 Å². The Labute approximate surface area is 204 Å². The van der Waals surface area contributed by atoms with Gasteiger partial charge in [-0.3, -0.25) is 4.79 Å². The van der Waals surface area contributed by atoms with Crippen molar-refractivity contribution in [3.8, 4) is 17.1 Å². The van der Waals surface area contributed by atoms with Crippen LogP contribution in [0.3, 0.4) is 0 Å². The first-order valence-corrected chi connectivity index (χ1v) is 11.2. The van der Waals surface area contributed by atoms with Crippen LogP contribution in [0.2, 0.25) is 10.0 Å². The Morgan fingerprint density at radius 1 is 1.12 bits per heavy atom. The quantitative estimate of drug-likeness (QED) is 0.416. The van der Waals surface area contributed by atoms with Gasteiger partial charge in [0.15, 0.2) is 5.82 Å². The third-order valence-electron chi connectivity index (χ3n) is 5.20. The lowest BCUT2D eigenvalue weighted by Crippen LogP contribution is -2.32. The van der Waals surface area contributed by atoms with Crippen LogP contribution in [0.5, 0.6) is 0 Å². The Morgan fingerprint density at radius 2 is 1.76 bits per heavy atom. The molecule has 3 rings (SSSR count). The van der Waals surface area contributed by atoms with E-state index in [-0.39, 0.29) is 34.9 Å². The lowest BCUT2D eigenvalue weighted by molar-refractivity contribution is -0.137. The molecule has 0 radical (unpaired) electrons. The molecule has 182 valence electrons. The summed E-state index contributed by atoms with van der Waals surface area (Å²) >= 11 is 12.3. The largest absolute Gasteiger partial charge is 0.416 e. The van der Waals surface area contributed by atoms with Gasteiger partial charge in [0.1, 0.15) is 0 Å². The van der Waals surface area contributed by atoms with Crippen LogP contribution in [0.4, 0.5) is 13.2 Å². The first-order chi connectivity index (χ1) is 15.9. The molecule has 0 fully saturated rings. The van der Waals surface area contributed by atoms with E-state index in [4.69, 9.17) is 23.2 Å². The molecular weight excluding hydrogens is 492 g/mol. The summed E-state index contributed by atoms with van der Waals surface area (Å²) in [6, 6.07) is 8.88. The highest BCUT2D eigenvalue weighted by atomic mass is 35.5. The van der Waals surface area contributed by atoms with Crippen molar-refractivity contribution >= 4 is 29.1 Å². The summed E-state index contributed by atoms with van der Waals surface area (Å²) in [5.41, 5.74) is -0.773. The average molecular weight is 515 g/mol. The van der Waals surface area contributed by atoms with E-state index in [1.807, 2.05) is 0 Å². The minimum atomic E-state index is -4.50. The Balaban J connectivity index is 2.00. The fourth-order valence-corrected chi connectivity index (χ4v) is 3.93. The third kappa shape index (κ3) is 5.64. The van der Waals surface area contributed by atoms with Crippen molar-refractivity contribution < 1.29 is 18.0 Å². The van der Waals surface area contributed by atoms with Crippen LogP contribution in [0.1, 0.15) is 25.8 Å².